The molecule has 0 spiro atoms. The van der Waals surface area contributed by atoms with E-state index in [4.69, 9.17) is 11.6 Å². The second-order valence-electron chi connectivity index (χ2n) is 2.61. The van der Waals surface area contributed by atoms with E-state index in [9.17, 15) is 25.5 Å². The van der Waals surface area contributed by atoms with Gasteiger partial charge in [0.2, 0.25) is 0 Å². The maximum atomic E-state index is 12.4. The van der Waals surface area contributed by atoms with Gasteiger partial charge in [0.25, 0.3) is 0 Å². The summed E-state index contributed by atoms with van der Waals surface area (Å²) in [6, 6.07) is 1.30. The zero-order valence-corrected chi connectivity index (χ0v) is 8.42. The van der Waals surface area contributed by atoms with E-state index in [1.165, 1.54) is 0 Å². The highest BCUT2D eigenvalue weighted by molar-refractivity contribution is 7.86. The molecule has 0 bridgehead atoms. The fraction of sp³-hybridized carbons (Fsp3) is 0.143. The van der Waals surface area contributed by atoms with Gasteiger partial charge >= 0.3 is 16.4 Å². The first-order valence-corrected chi connectivity index (χ1v) is 5.19. The van der Waals surface area contributed by atoms with Gasteiger partial charge in [-0.1, -0.05) is 11.6 Å². The van der Waals surface area contributed by atoms with E-state index in [0.29, 0.717) is 12.1 Å². The smallest absolute Gasteiger partial charge is 0.189 e. The lowest BCUT2D eigenvalue weighted by molar-refractivity contribution is -0.137. The molecule has 0 aliphatic carbocycles. The molecule has 0 aliphatic heterocycles. The summed E-state index contributed by atoms with van der Waals surface area (Å²) < 4.78 is 69.6. The Morgan fingerprint density at radius 3 is 2.07 bits per heavy atom. The van der Waals surface area contributed by atoms with Crippen LogP contribution in [0.1, 0.15) is 5.56 Å². The fourth-order valence-electron chi connectivity index (χ4n) is 0.867. The van der Waals surface area contributed by atoms with Crippen molar-refractivity contribution in [3.63, 3.8) is 0 Å². The van der Waals surface area contributed by atoms with Crippen LogP contribution in [0.5, 0.6) is 0 Å². The number of hydrogen-bond donors (Lipinski definition) is 0. The van der Waals surface area contributed by atoms with Crippen LogP contribution in [0.2, 0.25) is 5.02 Å². The zero-order valence-electron chi connectivity index (χ0n) is 6.85. The molecule has 0 atom stereocenters. The molecular formula is C7H3ClF4O2S. The van der Waals surface area contributed by atoms with Crippen LogP contribution in [0.25, 0.3) is 0 Å². The average Bonchev–Trinajstić information content (AvgIpc) is 1.99. The van der Waals surface area contributed by atoms with Gasteiger partial charge in [0, 0.05) is 5.02 Å². The van der Waals surface area contributed by atoms with E-state index in [2.05, 4.69) is 0 Å². The predicted molar refractivity (Wildman–Crippen MR) is 44.7 cm³/mol. The van der Waals surface area contributed by atoms with Gasteiger partial charge in [0.15, 0.2) is 0 Å². The average molecular weight is 263 g/mol. The Kier molecular flexibility index (Phi) is 2.97. The molecule has 8 heteroatoms. The van der Waals surface area contributed by atoms with Crippen molar-refractivity contribution < 1.29 is 25.5 Å². The van der Waals surface area contributed by atoms with E-state index in [1.807, 2.05) is 0 Å². The Balaban J connectivity index is 3.43. The van der Waals surface area contributed by atoms with Crippen LogP contribution >= 0.6 is 11.6 Å². The van der Waals surface area contributed by atoms with Crippen LogP contribution in [0, 0.1) is 0 Å². The molecule has 0 aliphatic rings. The summed E-state index contributed by atoms with van der Waals surface area (Å²) in [5, 5.41) is -0.499. The van der Waals surface area contributed by atoms with Crippen LogP contribution in [0.4, 0.5) is 17.1 Å². The molecule has 1 aromatic carbocycles. The number of hydrogen-bond acceptors (Lipinski definition) is 2. The second-order valence-corrected chi connectivity index (χ2v) is 4.39. The highest BCUT2D eigenvalue weighted by atomic mass is 35.5. The van der Waals surface area contributed by atoms with Crippen LogP contribution < -0.4 is 0 Å². The van der Waals surface area contributed by atoms with Crippen molar-refractivity contribution in [3.8, 4) is 0 Å². The highest BCUT2D eigenvalue weighted by Crippen LogP contribution is 2.33. The molecule has 1 aromatic rings. The van der Waals surface area contributed by atoms with Crippen molar-refractivity contribution in [3.05, 3.63) is 28.8 Å². The van der Waals surface area contributed by atoms with Gasteiger partial charge in [-0.25, -0.2) is 0 Å². The van der Waals surface area contributed by atoms with Crippen molar-refractivity contribution >= 4 is 21.8 Å². The van der Waals surface area contributed by atoms with Gasteiger partial charge in [0.1, 0.15) is 4.90 Å². The minimum Gasteiger partial charge on any atom is -0.189 e. The van der Waals surface area contributed by atoms with Crippen molar-refractivity contribution in [1.82, 2.24) is 0 Å². The first-order valence-electron chi connectivity index (χ1n) is 3.43. The topological polar surface area (TPSA) is 34.1 Å². The highest BCUT2D eigenvalue weighted by Gasteiger charge is 2.32. The molecule has 84 valence electrons. The maximum Gasteiger partial charge on any atom is 0.416 e. The SMILES string of the molecule is O=S(=O)(F)c1cc(Cl)cc(C(F)(F)F)c1. The second kappa shape index (κ2) is 3.64. The Bertz CT molecular complexity index is 480. The van der Waals surface area contributed by atoms with E-state index in [1.54, 1.807) is 0 Å². The van der Waals surface area contributed by atoms with Crippen LogP contribution in [0.15, 0.2) is 23.1 Å². The molecule has 1 rings (SSSR count). The molecule has 0 saturated carbocycles. The van der Waals surface area contributed by atoms with Gasteiger partial charge < -0.3 is 0 Å². The summed E-state index contributed by atoms with van der Waals surface area (Å²) in [5.41, 5.74) is -1.31. The van der Waals surface area contributed by atoms with E-state index < -0.39 is 31.9 Å². The van der Waals surface area contributed by atoms with Gasteiger partial charge in [-0.05, 0) is 18.2 Å². The minimum absolute atomic E-state index is 0.182. The molecule has 0 unspecified atom stereocenters. The molecule has 0 aromatic heterocycles. The van der Waals surface area contributed by atoms with Gasteiger partial charge in [0.05, 0.1) is 5.56 Å². The Morgan fingerprint density at radius 1 is 1.13 bits per heavy atom. The quantitative estimate of drug-likeness (QED) is 0.576. The van der Waals surface area contributed by atoms with Crippen molar-refractivity contribution in [2.24, 2.45) is 0 Å². The molecular weight excluding hydrogens is 260 g/mol. The van der Waals surface area contributed by atoms with E-state index in [-0.39, 0.29) is 6.07 Å². The zero-order chi connectivity index (χ0) is 11.9. The molecule has 0 fully saturated rings. The molecule has 2 nitrogen and oxygen atoms in total. The Morgan fingerprint density at radius 2 is 1.67 bits per heavy atom. The number of rotatable bonds is 1. The first-order chi connectivity index (χ1) is 6.60. The third-order valence-electron chi connectivity index (χ3n) is 1.48. The van der Waals surface area contributed by atoms with Gasteiger partial charge in [-0.15, -0.1) is 3.89 Å². The third kappa shape index (κ3) is 3.07. The van der Waals surface area contributed by atoms with Crippen LogP contribution in [-0.4, -0.2) is 8.42 Å². The fourth-order valence-corrected chi connectivity index (χ4v) is 1.70. The lowest BCUT2D eigenvalue weighted by Gasteiger charge is -2.07. The maximum absolute atomic E-state index is 12.4. The minimum atomic E-state index is -5.19. The Hall–Kier alpha value is -0.820. The van der Waals surface area contributed by atoms with E-state index in [0.717, 1.165) is 0 Å². The summed E-state index contributed by atoms with van der Waals surface area (Å²) >= 11 is 5.23. The number of alkyl halides is 3. The number of benzene rings is 1. The summed E-state index contributed by atoms with van der Waals surface area (Å²) in [4.78, 5) is -1.11. The summed E-state index contributed by atoms with van der Waals surface area (Å²) in [6.45, 7) is 0. The van der Waals surface area contributed by atoms with Crippen molar-refractivity contribution in [2.75, 3.05) is 0 Å². The van der Waals surface area contributed by atoms with Crippen LogP contribution in [-0.2, 0) is 16.4 Å². The lowest BCUT2D eigenvalue weighted by atomic mass is 10.2. The third-order valence-corrected chi connectivity index (χ3v) is 2.50. The monoisotopic (exact) mass is 262 g/mol. The summed E-state index contributed by atoms with van der Waals surface area (Å²) in [7, 11) is -5.19. The normalized spacial score (nSPS) is 12.9. The Labute approximate surface area is 87.7 Å². The summed E-state index contributed by atoms with van der Waals surface area (Å²) in [6.07, 6.45) is -4.77. The number of halogens is 5. The van der Waals surface area contributed by atoms with Crippen molar-refractivity contribution in [1.29, 1.82) is 0 Å². The van der Waals surface area contributed by atoms with Gasteiger partial charge in [-0.2, -0.15) is 21.6 Å². The van der Waals surface area contributed by atoms with Gasteiger partial charge in [-0.3, -0.25) is 0 Å². The summed E-state index contributed by atoms with van der Waals surface area (Å²) in [5.74, 6) is 0. The molecule has 0 N–H and O–H groups in total. The molecule has 15 heavy (non-hydrogen) atoms. The predicted octanol–water partition coefficient (Wildman–Crippen LogP) is 3.02. The molecule has 0 heterocycles. The molecule has 0 radical (unpaired) electrons. The first kappa shape index (κ1) is 12.3. The molecule has 0 amide bonds. The van der Waals surface area contributed by atoms with Crippen LogP contribution in [0.3, 0.4) is 0 Å². The molecule has 0 saturated heterocycles. The standard InChI is InChI=1S/C7H3ClF4O2S/c8-5-1-4(7(9,10)11)2-6(3-5)15(12,13)14/h1-3H. The van der Waals surface area contributed by atoms with E-state index >= 15 is 0 Å². The largest absolute Gasteiger partial charge is 0.416 e. The lowest BCUT2D eigenvalue weighted by Crippen LogP contribution is -2.06. The van der Waals surface area contributed by atoms with Crippen molar-refractivity contribution in [2.45, 2.75) is 11.1 Å².